The summed E-state index contributed by atoms with van der Waals surface area (Å²) < 4.78 is 6.04. The van der Waals surface area contributed by atoms with Gasteiger partial charge in [-0.1, -0.05) is 33.2 Å². The highest BCUT2D eigenvalue weighted by atomic mass is 79.9. The molecule has 0 saturated heterocycles. The van der Waals surface area contributed by atoms with E-state index >= 15 is 0 Å². The number of benzene rings is 1. The molecule has 0 aliphatic rings. The predicted molar refractivity (Wildman–Crippen MR) is 93.6 cm³/mol. The van der Waals surface area contributed by atoms with Crippen molar-refractivity contribution in [2.24, 2.45) is 0 Å². The van der Waals surface area contributed by atoms with Crippen molar-refractivity contribution >= 4 is 38.9 Å². The van der Waals surface area contributed by atoms with Gasteiger partial charge in [-0.2, -0.15) is 0 Å². The molecule has 7 heteroatoms. The first kappa shape index (κ1) is 15.9. The van der Waals surface area contributed by atoms with Crippen LogP contribution in [-0.2, 0) is 11.2 Å². The molecule has 0 fully saturated rings. The van der Waals surface area contributed by atoms with E-state index in [9.17, 15) is 4.79 Å². The Hall–Kier alpha value is -1.99. The zero-order valence-electron chi connectivity index (χ0n) is 12.6. The lowest BCUT2D eigenvalue weighted by molar-refractivity contribution is -0.115. The number of hydrogen-bond donors (Lipinski definition) is 1. The van der Waals surface area contributed by atoms with E-state index in [1.165, 1.54) is 11.3 Å². The van der Waals surface area contributed by atoms with Gasteiger partial charge in [0, 0.05) is 15.4 Å². The maximum atomic E-state index is 12.2. The summed E-state index contributed by atoms with van der Waals surface area (Å²) >= 11 is 4.98. The van der Waals surface area contributed by atoms with E-state index in [1.807, 2.05) is 29.6 Å². The molecule has 5 nitrogen and oxygen atoms in total. The first-order chi connectivity index (χ1) is 11.0. The highest BCUT2D eigenvalue weighted by Gasteiger charge is 2.14. The van der Waals surface area contributed by atoms with Gasteiger partial charge >= 0.3 is 0 Å². The molecule has 0 aliphatic carbocycles. The lowest BCUT2D eigenvalue weighted by Gasteiger charge is -2.02. The number of aromatic nitrogens is 2. The van der Waals surface area contributed by atoms with Crippen LogP contribution < -0.4 is 5.32 Å². The third-order valence-corrected chi connectivity index (χ3v) is 4.70. The molecule has 1 aromatic carbocycles. The number of nitrogens with one attached hydrogen (secondary N) is 1. The molecule has 0 unspecified atom stereocenters. The average Bonchev–Trinajstić information content (AvgIpc) is 3.09. The summed E-state index contributed by atoms with van der Waals surface area (Å²) in [5, 5.41) is 9.45. The van der Waals surface area contributed by atoms with E-state index in [-0.39, 0.29) is 12.3 Å². The van der Waals surface area contributed by atoms with Gasteiger partial charge < -0.3 is 9.84 Å². The van der Waals surface area contributed by atoms with Gasteiger partial charge in [0.2, 0.25) is 5.91 Å². The lowest BCUT2D eigenvalue weighted by atomic mass is 10.2. The Morgan fingerprint density at radius 3 is 2.91 bits per heavy atom. The fourth-order valence-electron chi connectivity index (χ4n) is 2.15. The number of carbonyl (C=O) groups excluding carboxylic acids is 1. The smallest absolute Gasteiger partial charge is 0.230 e. The molecular formula is C16H14BrN3O2S. The highest BCUT2D eigenvalue weighted by molar-refractivity contribution is 9.10. The fourth-order valence-corrected chi connectivity index (χ4v) is 3.37. The predicted octanol–water partition coefficient (Wildman–Crippen LogP) is 4.36. The molecule has 118 valence electrons. The Bertz CT molecular complexity index is 837. The summed E-state index contributed by atoms with van der Waals surface area (Å²) in [4.78, 5) is 16.7. The molecular weight excluding hydrogens is 378 g/mol. The van der Waals surface area contributed by atoms with Crippen molar-refractivity contribution in [3.63, 3.8) is 0 Å². The largest absolute Gasteiger partial charge is 0.359 e. The first-order valence-corrected chi connectivity index (χ1v) is 8.63. The van der Waals surface area contributed by atoms with Gasteiger partial charge in [-0.25, -0.2) is 4.98 Å². The summed E-state index contributed by atoms with van der Waals surface area (Å²) in [6.45, 7) is 3.56. The van der Waals surface area contributed by atoms with Crippen LogP contribution in [0.25, 0.3) is 10.6 Å². The topological polar surface area (TPSA) is 68.0 Å². The molecule has 0 atom stereocenters. The maximum absolute atomic E-state index is 12.2. The van der Waals surface area contributed by atoms with Crippen molar-refractivity contribution in [1.29, 1.82) is 0 Å². The van der Waals surface area contributed by atoms with Gasteiger partial charge in [-0.3, -0.25) is 4.79 Å². The summed E-state index contributed by atoms with van der Waals surface area (Å²) in [7, 11) is 0. The zero-order valence-corrected chi connectivity index (χ0v) is 15.0. The standard InChI is InChI=1S/C16H14BrN3O2S/c1-9-15(10(2)22-20-9)19-14(21)7-13-8-23-16(18-13)11-4-3-5-12(17)6-11/h3-6,8H,7H2,1-2H3,(H,19,21). The Morgan fingerprint density at radius 1 is 1.39 bits per heavy atom. The second-order valence-corrected chi connectivity index (χ2v) is 6.85. The molecule has 1 N–H and O–H groups in total. The average molecular weight is 392 g/mol. The lowest BCUT2D eigenvalue weighted by Crippen LogP contribution is -2.15. The van der Waals surface area contributed by atoms with Crippen LogP contribution in [0.1, 0.15) is 17.1 Å². The van der Waals surface area contributed by atoms with E-state index in [4.69, 9.17) is 4.52 Å². The Balaban J connectivity index is 1.70. The molecule has 0 spiro atoms. The Morgan fingerprint density at radius 2 is 2.22 bits per heavy atom. The molecule has 0 bridgehead atoms. The first-order valence-electron chi connectivity index (χ1n) is 6.96. The van der Waals surface area contributed by atoms with Crippen molar-refractivity contribution in [3.8, 4) is 10.6 Å². The van der Waals surface area contributed by atoms with Crippen LogP contribution in [0.2, 0.25) is 0 Å². The molecule has 3 aromatic rings. The number of thiazole rings is 1. The summed E-state index contributed by atoms with van der Waals surface area (Å²) in [6, 6.07) is 7.93. The van der Waals surface area contributed by atoms with Crippen molar-refractivity contribution in [3.05, 3.63) is 51.3 Å². The van der Waals surface area contributed by atoms with Crippen LogP contribution in [0.5, 0.6) is 0 Å². The Kier molecular flexibility index (Phi) is 4.58. The number of rotatable bonds is 4. The molecule has 0 radical (unpaired) electrons. The quantitative estimate of drug-likeness (QED) is 0.717. The second kappa shape index (κ2) is 6.64. The molecule has 2 aromatic heterocycles. The number of nitrogens with zero attached hydrogens (tertiary/aromatic N) is 2. The number of carbonyl (C=O) groups is 1. The monoisotopic (exact) mass is 391 g/mol. The van der Waals surface area contributed by atoms with Gasteiger partial charge in [0.05, 0.1) is 12.1 Å². The number of anilines is 1. The number of halogens is 1. The third kappa shape index (κ3) is 3.68. The van der Waals surface area contributed by atoms with Crippen LogP contribution in [0.3, 0.4) is 0 Å². The van der Waals surface area contributed by atoms with E-state index in [2.05, 4.69) is 31.4 Å². The van der Waals surface area contributed by atoms with E-state index in [1.54, 1.807) is 13.8 Å². The maximum Gasteiger partial charge on any atom is 0.230 e. The minimum absolute atomic E-state index is 0.134. The highest BCUT2D eigenvalue weighted by Crippen LogP contribution is 2.26. The minimum atomic E-state index is -0.134. The molecule has 2 heterocycles. The minimum Gasteiger partial charge on any atom is -0.359 e. The van der Waals surface area contributed by atoms with Gasteiger partial charge in [0.15, 0.2) is 5.76 Å². The van der Waals surface area contributed by atoms with Crippen molar-refractivity contribution in [1.82, 2.24) is 10.1 Å². The van der Waals surface area contributed by atoms with E-state index < -0.39 is 0 Å². The third-order valence-electron chi connectivity index (χ3n) is 3.26. The van der Waals surface area contributed by atoms with Gasteiger partial charge in [-0.15, -0.1) is 11.3 Å². The van der Waals surface area contributed by atoms with Gasteiger partial charge in [-0.05, 0) is 26.0 Å². The van der Waals surface area contributed by atoms with Crippen LogP contribution in [0.15, 0.2) is 38.6 Å². The molecule has 0 aliphatic heterocycles. The van der Waals surface area contributed by atoms with E-state index in [0.29, 0.717) is 17.1 Å². The number of aryl methyl sites for hydroxylation is 2. The summed E-state index contributed by atoms with van der Waals surface area (Å²) in [5.74, 6) is 0.467. The van der Waals surface area contributed by atoms with Crippen molar-refractivity contribution < 1.29 is 9.32 Å². The molecule has 3 rings (SSSR count). The molecule has 0 saturated carbocycles. The van der Waals surface area contributed by atoms with Crippen LogP contribution in [0.4, 0.5) is 5.69 Å². The van der Waals surface area contributed by atoms with Gasteiger partial charge in [0.1, 0.15) is 16.4 Å². The molecule has 1 amide bonds. The normalized spacial score (nSPS) is 10.7. The summed E-state index contributed by atoms with van der Waals surface area (Å²) in [5.41, 5.74) is 3.08. The van der Waals surface area contributed by atoms with Crippen LogP contribution in [0, 0.1) is 13.8 Å². The summed E-state index contributed by atoms with van der Waals surface area (Å²) in [6.07, 6.45) is 0.217. The van der Waals surface area contributed by atoms with Crippen LogP contribution >= 0.6 is 27.3 Å². The zero-order chi connectivity index (χ0) is 16.4. The van der Waals surface area contributed by atoms with E-state index in [0.717, 1.165) is 20.7 Å². The van der Waals surface area contributed by atoms with Crippen molar-refractivity contribution in [2.45, 2.75) is 20.3 Å². The Labute approximate surface area is 145 Å². The number of hydrogen-bond acceptors (Lipinski definition) is 5. The molecule has 23 heavy (non-hydrogen) atoms. The van der Waals surface area contributed by atoms with Crippen LogP contribution in [-0.4, -0.2) is 16.0 Å². The number of amides is 1. The SMILES string of the molecule is Cc1noc(C)c1NC(=O)Cc1csc(-c2cccc(Br)c2)n1. The fraction of sp³-hybridized carbons (Fsp3) is 0.188. The van der Waals surface area contributed by atoms with Gasteiger partial charge in [0.25, 0.3) is 0 Å². The second-order valence-electron chi connectivity index (χ2n) is 5.08. The van der Waals surface area contributed by atoms with Crippen molar-refractivity contribution in [2.75, 3.05) is 5.32 Å².